The summed E-state index contributed by atoms with van der Waals surface area (Å²) in [5.41, 5.74) is 0.143. The van der Waals surface area contributed by atoms with E-state index in [0.29, 0.717) is 12.3 Å². The van der Waals surface area contributed by atoms with Crippen LogP contribution in [0.15, 0.2) is 0 Å². The maximum atomic E-state index is 11.3. The molecule has 2 rings (SSSR count). The largest absolute Gasteiger partial charge is 0.344 e. The fourth-order valence-electron chi connectivity index (χ4n) is 2.34. The van der Waals surface area contributed by atoms with Gasteiger partial charge in [-0.25, -0.2) is 0 Å². The first-order valence-corrected chi connectivity index (χ1v) is 4.71. The van der Waals surface area contributed by atoms with E-state index in [1.54, 1.807) is 0 Å². The molecule has 2 aliphatic rings. The zero-order valence-electron chi connectivity index (χ0n) is 7.60. The molecule has 0 saturated carbocycles. The van der Waals surface area contributed by atoms with E-state index in [0.717, 1.165) is 13.1 Å². The van der Waals surface area contributed by atoms with Gasteiger partial charge in [-0.15, -0.1) is 0 Å². The van der Waals surface area contributed by atoms with Crippen LogP contribution in [0.4, 0.5) is 0 Å². The number of likely N-dealkylation sites (tertiary alicyclic amines) is 1. The van der Waals surface area contributed by atoms with E-state index in [2.05, 4.69) is 5.32 Å². The van der Waals surface area contributed by atoms with Gasteiger partial charge in [0.1, 0.15) is 0 Å². The average Bonchev–Trinajstić information content (AvgIpc) is 2.29. The Balaban J connectivity index is 2.07. The van der Waals surface area contributed by atoms with Gasteiger partial charge in [-0.2, -0.15) is 0 Å². The normalized spacial score (nSPS) is 36.4. The van der Waals surface area contributed by atoms with Crippen LogP contribution in [0.5, 0.6) is 0 Å². The van der Waals surface area contributed by atoms with Crippen LogP contribution in [0.1, 0.15) is 25.7 Å². The highest BCUT2D eigenvalue weighted by atomic mass is 16.2. The number of carbonyl (C=O) groups excluding carboxylic acids is 1. The summed E-state index contributed by atoms with van der Waals surface area (Å²) in [5, 5.41) is 3.49. The molecule has 12 heavy (non-hydrogen) atoms. The van der Waals surface area contributed by atoms with Gasteiger partial charge < -0.3 is 10.2 Å². The highest BCUT2D eigenvalue weighted by molar-refractivity contribution is 5.80. The van der Waals surface area contributed by atoms with E-state index in [1.807, 2.05) is 11.9 Å². The Bertz CT molecular complexity index is 197. The lowest BCUT2D eigenvalue weighted by Crippen LogP contribution is -2.50. The maximum absolute atomic E-state index is 11.3. The maximum Gasteiger partial charge on any atom is 0.224 e. The molecule has 3 nitrogen and oxygen atoms in total. The van der Waals surface area contributed by atoms with Crippen LogP contribution >= 0.6 is 0 Å². The third-order valence-corrected chi connectivity index (χ3v) is 3.04. The summed E-state index contributed by atoms with van der Waals surface area (Å²) in [6.07, 6.45) is 4.42. The van der Waals surface area contributed by atoms with Gasteiger partial charge in [-0.3, -0.25) is 4.79 Å². The second-order valence-electron chi connectivity index (χ2n) is 4.09. The Hall–Kier alpha value is -0.570. The summed E-state index contributed by atoms with van der Waals surface area (Å²) >= 11 is 0. The number of likely N-dealkylation sites (N-methyl/N-ethyl adjacent to an activating group) is 1. The molecule has 2 saturated heterocycles. The minimum absolute atomic E-state index is 0.143. The van der Waals surface area contributed by atoms with Crippen LogP contribution in [0.2, 0.25) is 0 Å². The molecule has 0 aromatic carbocycles. The van der Waals surface area contributed by atoms with Gasteiger partial charge >= 0.3 is 0 Å². The van der Waals surface area contributed by atoms with Gasteiger partial charge in [0.05, 0.1) is 0 Å². The Morgan fingerprint density at radius 2 is 2.33 bits per heavy atom. The van der Waals surface area contributed by atoms with E-state index in [4.69, 9.17) is 0 Å². The molecule has 1 unspecified atom stereocenters. The lowest BCUT2D eigenvalue weighted by atomic mass is 9.88. The number of rotatable bonds is 0. The first-order chi connectivity index (χ1) is 5.72. The monoisotopic (exact) mass is 168 g/mol. The molecule has 0 aromatic heterocycles. The number of amides is 1. The SMILES string of the molecule is CN1CC2(CCCCN2)CC1=O. The van der Waals surface area contributed by atoms with Crippen molar-refractivity contribution in [2.45, 2.75) is 31.2 Å². The minimum Gasteiger partial charge on any atom is -0.344 e. The molecular formula is C9H16N2O. The Labute approximate surface area is 73.1 Å². The first kappa shape index (κ1) is 8.05. The topological polar surface area (TPSA) is 32.3 Å². The third-order valence-electron chi connectivity index (χ3n) is 3.04. The molecule has 0 bridgehead atoms. The molecule has 1 spiro atoms. The summed E-state index contributed by atoms with van der Waals surface area (Å²) in [4.78, 5) is 13.2. The number of nitrogens with one attached hydrogen (secondary N) is 1. The zero-order chi connectivity index (χ0) is 8.60. The summed E-state index contributed by atoms with van der Waals surface area (Å²) in [5.74, 6) is 0.296. The molecule has 0 aliphatic carbocycles. The van der Waals surface area contributed by atoms with Gasteiger partial charge in [-0.05, 0) is 19.4 Å². The van der Waals surface area contributed by atoms with E-state index in [1.165, 1.54) is 19.3 Å². The van der Waals surface area contributed by atoms with Crippen LogP contribution in [0, 0.1) is 0 Å². The molecule has 2 heterocycles. The van der Waals surface area contributed by atoms with E-state index < -0.39 is 0 Å². The van der Waals surface area contributed by atoms with Crippen molar-refractivity contribution in [2.75, 3.05) is 20.1 Å². The number of nitrogens with zero attached hydrogens (tertiary/aromatic N) is 1. The van der Waals surface area contributed by atoms with Crippen LogP contribution in [0.3, 0.4) is 0 Å². The summed E-state index contributed by atoms with van der Waals surface area (Å²) < 4.78 is 0. The molecule has 68 valence electrons. The minimum atomic E-state index is 0.143. The standard InChI is InChI=1S/C9H16N2O/c1-11-7-9(6-8(11)12)4-2-3-5-10-9/h10H,2-7H2,1H3. The van der Waals surface area contributed by atoms with Gasteiger partial charge in [0.15, 0.2) is 0 Å². The van der Waals surface area contributed by atoms with Gasteiger partial charge in [-0.1, -0.05) is 6.42 Å². The summed E-state index contributed by atoms with van der Waals surface area (Å²) in [7, 11) is 1.90. The molecular weight excluding hydrogens is 152 g/mol. The summed E-state index contributed by atoms with van der Waals surface area (Å²) in [6, 6.07) is 0. The quantitative estimate of drug-likeness (QED) is 0.566. The van der Waals surface area contributed by atoms with Crippen molar-refractivity contribution >= 4 is 5.91 Å². The smallest absolute Gasteiger partial charge is 0.224 e. The fourth-order valence-corrected chi connectivity index (χ4v) is 2.34. The Morgan fingerprint density at radius 1 is 1.50 bits per heavy atom. The molecule has 1 amide bonds. The summed E-state index contributed by atoms with van der Waals surface area (Å²) in [6.45, 7) is 1.99. The molecule has 0 aromatic rings. The number of hydrogen-bond donors (Lipinski definition) is 1. The van der Waals surface area contributed by atoms with Crippen LogP contribution in [0.25, 0.3) is 0 Å². The average molecular weight is 168 g/mol. The molecule has 2 fully saturated rings. The van der Waals surface area contributed by atoms with Crippen molar-refractivity contribution in [3.8, 4) is 0 Å². The van der Waals surface area contributed by atoms with E-state index in [9.17, 15) is 4.79 Å². The van der Waals surface area contributed by atoms with E-state index in [-0.39, 0.29) is 5.54 Å². The molecule has 2 aliphatic heterocycles. The lowest BCUT2D eigenvalue weighted by Gasteiger charge is -2.33. The van der Waals surface area contributed by atoms with Gasteiger partial charge in [0.2, 0.25) is 5.91 Å². The predicted octanol–water partition coefficient (Wildman–Crippen LogP) is 0.361. The number of carbonyl (C=O) groups is 1. The van der Waals surface area contributed by atoms with Crippen molar-refractivity contribution in [3.05, 3.63) is 0 Å². The second kappa shape index (κ2) is 2.73. The van der Waals surface area contributed by atoms with Crippen molar-refractivity contribution in [1.29, 1.82) is 0 Å². The van der Waals surface area contributed by atoms with Crippen molar-refractivity contribution in [3.63, 3.8) is 0 Å². The van der Waals surface area contributed by atoms with Gasteiger partial charge in [0, 0.05) is 25.6 Å². The number of hydrogen-bond acceptors (Lipinski definition) is 2. The Morgan fingerprint density at radius 3 is 2.83 bits per heavy atom. The zero-order valence-corrected chi connectivity index (χ0v) is 7.60. The third kappa shape index (κ3) is 1.22. The van der Waals surface area contributed by atoms with Crippen LogP contribution < -0.4 is 5.32 Å². The predicted molar refractivity (Wildman–Crippen MR) is 46.8 cm³/mol. The van der Waals surface area contributed by atoms with Crippen LogP contribution in [-0.4, -0.2) is 36.5 Å². The second-order valence-corrected chi connectivity index (χ2v) is 4.09. The first-order valence-electron chi connectivity index (χ1n) is 4.71. The molecule has 1 N–H and O–H groups in total. The van der Waals surface area contributed by atoms with Crippen LogP contribution in [-0.2, 0) is 4.79 Å². The molecule has 3 heteroatoms. The fraction of sp³-hybridized carbons (Fsp3) is 0.889. The molecule has 1 atom stereocenters. The van der Waals surface area contributed by atoms with Crippen molar-refractivity contribution < 1.29 is 4.79 Å². The number of piperidine rings is 1. The Kier molecular flexibility index (Phi) is 1.83. The van der Waals surface area contributed by atoms with Crippen molar-refractivity contribution in [2.24, 2.45) is 0 Å². The van der Waals surface area contributed by atoms with E-state index >= 15 is 0 Å². The highest BCUT2D eigenvalue weighted by Gasteiger charge is 2.41. The molecule has 0 radical (unpaired) electrons. The highest BCUT2D eigenvalue weighted by Crippen LogP contribution is 2.29. The lowest BCUT2D eigenvalue weighted by molar-refractivity contribution is -0.126. The van der Waals surface area contributed by atoms with Gasteiger partial charge in [0.25, 0.3) is 0 Å². The van der Waals surface area contributed by atoms with Crippen molar-refractivity contribution in [1.82, 2.24) is 10.2 Å².